The Bertz CT molecular complexity index is 608. The van der Waals surface area contributed by atoms with Crippen molar-refractivity contribution >= 4 is 0 Å². The smallest absolute Gasteiger partial charge is 0.120 e. The molecule has 2 N–H and O–H groups in total. The van der Waals surface area contributed by atoms with Gasteiger partial charge in [0.1, 0.15) is 12.4 Å². The summed E-state index contributed by atoms with van der Waals surface area (Å²) in [6, 6.07) is 16.0. The standard InChI is InChI=1S/C17H17NO/c1-14-6-4-10-17(12-14)19-13-16-8-3-2-7-15(16)9-5-11-18/h2-4,6-8,10,12H,11,13,18H2,1H3. The monoisotopic (exact) mass is 251 g/mol. The van der Waals surface area contributed by atoms with Crippen LogP contribution in [0.5, 0.6) is 5.75 Å². The van der Waals surface area contributed by atoms with E-state index in [-0.39, 0.29) is 0 Å². The van der Waals surface area contributed by atoms with Crippen LogP contribution in [-0.2, 0) is 6.61 Å². The number of ether oxygens (including phenoxy) is 1. The molecule has 0 amide bonds. The van der Waals surface area contributed by atoms with Crippen LogP contribution in [0.3, 0.4) is 0 Å². The van der Waals surface area contributed by atoms with Gasteiger partial charge in [0, 0.05) is 11.1 Å². The molecule has 0 aliphatic rings. The first-order valence-electron chi connectivity index (χ1n) is 6.26. The summed E-state index contributed by atoms with van der Waals surface area (Å²) in [6.07, 6.45) is 0. The number of benzene rings is 2. The SMILES string of the molecule is Cc1cccc(OCc2ccccc2C#CCN)c1. The molecule has 2 heteroatoms. The lowest BCUT2D eigenvalue weighted by molar-refractivity contribution is 0.305. The quantitative estimate of drug-likeness (QED) is 0.851. The van der Waals surface area contributed by atoms with Crippen molar-refractivity contribution in [3.8, 4) is 17.6 Å². The van der Waals surface area contributed by atoms with Crippen molar-refractivity contribution in [2.75, 3.05) is 6.54 Å². The van der Waals surface area contributed by atoms with Gasteiger partial charge in [-0.1, -0.05) is 42.2 Å². The van der Waals surface area contributed by atoms with Crippen molar-refractivity contribution in [3.05, 3.63) is 65.2 Å². The zero-order chi connectivity index (χ0) is 13.5. The molecule has 0 bridgehead atoms. The summed E-state index contributed by atoms with van der Waals surface area (Å²) in [5, 5.41) is 0. The van der Waals surface area contributed by atoms with Crippen molar-refractivity contribution in [2.24, 2.45) is 5.73 Å². The van der Waals surface area contributed by atoms with Gasteiger partial charge in [0.2, 0.25) is 0 Å². The fourth-order valence-electron chi connectivity index (χ4n) is 1.78. The average molecular weight is 251 g/mol. The second-order valence-electron chi connectivity index (χ2n) is 4.27. The molecular weight excluding hydrogens is 234 g/mol. The van der Waals surface area contributed by atoms with Gasteiger partial charge >= 0.3 is 0 Å². The van der Waals surface area contributed by atoms with Gasteiger partial charge < -0.3 is 10.5 Å². The first-order chi connectivity index (χ1) is 9.29. The van der Waals surface area contributed by atoms with Crippen LogP contribution < -0.4 is 10.5 Å². The maximum absolute atomic E-state index is 5.79. The third-order valence-corrected chi connectivity index (χ3v) is 2.73. The number of hydrogen-bond acceptors (Lipinski definition) is 2. The van der Waals surface area contributed by atoms with E-state index in [2.05, 4.69) is 11.8 Å². The zero-order valence-corrected chi connectivity index (χ0v) is 11.0. The maximum atomic E-state index is 5.79. The van der Waals surface area contributed by atoms with Gasteiger partial charge in [-0.3, -0.25) is 0 Å². The van der Waals surface area contributed by atoms with Gasteiger partial charge in [-0.25, -0.2) is 0 Å². The first kappa shape index (κ1) is 13.2. The van der Waals surface area contributed by atoms with Crippen LogP contribution in [0.4, 0.5) is 0 Å². The summed E-state index contributed by atoms with van der Waals surface area (Å²) < 4.78 is 5.79. The summed E-state index contributed by atoms with van der Waals surface area (Å²) >= 11 is 0. The molecular formula is C17H17NO. The Kier molecular flexibility index (Phi) is 4.60. The van der Waals surface area contributed by atoms with Crippen LogP contribution in [0, 0.1) is 18.8 Å². The highest BCUT2D eigenvalue weighted by molar-refractivity contribution is 5.41. The third-order valence-electron chi connectivity index (χ3n) is 2.73. The Morgan fingerprint density at radius 1 is 1.11 bits per heavy atom. The molecule has 96 valence electrons. The van der Waals surface area contributed by atoms with E-state index in [0.29, 0.717) is 13.2 Å². The van der Waals surface area contributed by atoms with E-state index in [1.807, 2.05) is 55.5 Å². The second-order valence-corrected chi connectivity index (χ2v) is 4.27. The van der Waals surface area contributed by atoms with E-state index in [9.17, 15) is 0 Å². The number of aryl methyl sites for hydroxylation is 1. The molecule has 0 radical (unpaired) electrons. The van der Waals surface area contributed by atoms with Crippen LogP contribution in [0.25, 0.3) is 0 Å². The van der Waals surface area contributed by atoms with Gasteiger partial charge in [-0.15, -0.1) is 0 Å². The molecule has 0 unspecified atom stereocenters. The van der Waals surface area contributed by atoms with Crippen LogP contribution in [0.2, 0.25) is 0 Å². The molecule has 2 rings (SSSR count). The fraction of sp³-hybridized carbons (Fsp3) is 0.176. The molecule has 0 saturated heterocycles. The normalized spacial score (nSPS) is 9.58. The van der Waals surface area contributed by atoms with E-state index in [4.69, 9.17) is 10.5 Å². The molecule has 0 aliphatic carbocycles. The minimum atomic E-state index is 0.368. The Hall–Kier alpha value is -2.24. The maximum Gasteiger partial charge on any atom is 0.120 e. The van der Waals surface area contributed by atoms with E-state index >= 15 is 0 Å². The summed E-state index contributed by atoms with van der Waals surface area (Å²) in [4.78, 5) is 0. The van der Waals surface area contributed by atoms with Gasteiger partial charge in [0.25, 0.3) is 0 Å². The van der Waals surface area contributed by atoms with Gasteiger partial charge in [0.15, 0.2) is 0 Å². The number of hydrogen-bond donors (Lipinski definition) is 1. The highest BCUT2D eigenvalue weighted by atomic mass is 16.5. The lowest BCUT2D eigenvalue weighted by Crippen LogP contribution is -1.99. The Labute approximate surface area is 114 Å². The lowest BCUT2D eigenvalue weighted by Gasteiger charge is -2.08. The Morgan fingerprint density at radius 2 is 1.95 bits per heavy atom. The predicted molar refractivity (Wildman–Crippen MR) is 77.9 cm³/mol. The largest absolute Gasteiger partial charge is 0.489 e. The van der Waals surface area contributed by atoms with Crippen molar-refractivity contribution in [1.29, 1.82) is 0 Å². The van der Waals surface area contributed by atoms with Crippen LogP contribution in [-0.4, -0.2) is 6.54 Å². The van der Waals surface area contributed by atoms with Gasteiger partial charge in [-0.05, 0) is 30.7 Å². The minimum Gasteiger partial charge on any atom is -0.489 e. The number of rotatable bonds is 3. The van der Waals surface area contributed by atoms with Crippen molar-refractivity contribution in [2.45, 2.75) is 13.5 Å². The van der Waals surface area contributed by atoms with Crippen LogP contribution in [0.15, 0.2) is 48.5 Å². The average Bonchev–Trinajstić information content (AvgIpc) is 2.44. The molecule has 19 heavy (non-hydrogen) atoms. The molecule has 0 aliphatic heterocycles. The summed E-state index contributed by atoms with van der Waals surface area (Å²) in [5.74, 6) is 6.82. The molecule has 0 heterocycles. The van der Waals surface area contributed by atoms with Gasteiger partial charge in [-0.2, -0.15) is 0 Å². The van der Waals surface area contributed by atoms with Crippen molar-refractivity contribution in [3.63, 3.8) is 0 Å². The highest BCUT2D eigenvalue weighted by Gasteiger charge is 2.00. The fourth-order valence-corrected chi connectivity index (χ4v) is 1.78. The third kappa shape index (κ3) is 3.87. The Balaban J connectivity index is 2.11. The lowest BCUT2D eigenvalue weighted by atomic mass is 10.1. The van der Waals surface area contributed by atoms with E-state index in [1.54, 1.807) is 0 Å². The van der Waals surface area contributed by atoms with Crippen LogP contribution in [0.1, 0.15) is 16.7 Å². The number of nitrogens with two attached hydrogens (primary N) is 1. The highest BCUT2D eigenvalue weighted by Crippen LogP contribution is 2.16. The topological polar surface area (TPSA) is 35.2 Å². The van der Waals surface area contributed by atoms with E-state index in [1.165, 1.54) is 5.56 Å². The molecule has 0 fully saturated rings. The van der Waals surface area contributed by atoms with Crippen molar-refractivity contribution < 1.29 is 4.74 Å². The molecule has 2 aromatic carbocycles. The van der Waals surface area contributed by atoms with Gasteiger partial charge in [0.05, 0.1) is 6.54 Å². The molecule has 2 aromatic rings. The molecule has 0 spiro atoms. The van der Waals surface area contributed by atoms with E-state index in [0.717, 1.165) is 16.9 Å². The molecule has 0 saturated carbocycles. The Morgan fingerprint density at radius 3 is 2.74 bits per heavy atom. The summed E-state index contributed by atoms with van der Waals surface area (Å²) in [7, 11) is 0. The van der Waals surface area contributed by atoms with E-state index < -0.39 is 0 Å². The molecule has 2 nitrogen and oxygen atoms in total. The van der Waals surface area contributed by atoms with Crippen molar-refractivity contribution in [1.82, 2.24) is 0 Å². The summed E-state index contributed by atoms with van der Waals surface area (Å²) in [6.45, 7) is 2.93. The second kappa shape index (κ2) is 6.63. The molecule has 0 aromatic heterocycles. The minimum absolute atomic E-state index is 0.368. The zero-order valence-electron chi connectivity index (χ0n) is 11.0. The molecule has 0 atom stereocenters. The van der Waals surface area contributed by atoms with Crippen LogP contribution >= 0.6 is 0 Å². The predicted octanol–water partition coefficient (Wildman–Crippen LogP) is 2.88. The summed E-state index contributed by atoms with van der Waals surface area (Å²) in [5.41, 5.74) is 8.64. The first-order valence-corrected chi connectivity index (χ1v) is 6.26.